The van der Waals surface area contributed by atoms with Gasteiger partial charge in [-0.1, -0.05) is 202 Å². The van der Waals surface area contributed by atoms with E-state index in [-0.39, 0.29) is 32.3 Å². The molecule has 8 nitrogen and oxygen atoms in total. The van der Waals surface area contributed by atoms with Crippen LogP contribution >= 0.6 is 7.82 Å². The molecule has 0 amide bonds. The summed E-state index contributed by atoms with van der Waals surface area (Å²) in [5, 5.41) is 0. The van der Waals surface area contributed by atoms with Crippen LogP contribution in [0.2, 0.25) is 0 Å². The van der Waals surface area contributed by atoms with Gasteiger partial charge in [-0.15, -0.1) is 0 Å². The van der Waals surface area contributed by atoms with Crippen LogP contribution in [0.4, 0.5) is 0 Å². The summed E-state index contributed by atoms with van der Waals surface area (Å²) in [7, 11) is -4.29. The minimum absolute atomic E-state index is 0.0964. The number of esters is 1. The van der Waals surface area contributed by atoms with Gasteiger partial charge in [0.15, 0.2) is 0 Å². The molecular formula is C53H96NO7P. The molecule has 0 aliphatic carbocycles. The van der Waals surface area contributed by atoms with E-state index in [2.05, 4.69) is 86.8 Å². The van der Waals surface area contributed by atoms with Gasteiger partial charge in [-0.25, -0.2) is 4.57 Å². The minimum Gasteiger partial charge on any atom is -0.457 e. The Morgan fingerprint density at radius 2 is 0.903 bits per heavy atom. The average molecular weight is 890 g/mol. The molecule has 9 heteroatoms. The number of allylic oxidation sites excluding steroid dienone is 12. The molecule has 62 heavy (non-hydrogen) atoms. The van der Waals surface area contributed by atoms with Crippen molar-refractivity contribution in [3.8, 4) is 0 Å². The normalized spacial score (nSPS) is 13.9. The second kappa shape index (κ2) is 49.9. The van der Waals surface area contributed by atoms with Gasteiger partial charge >= 0.3 is 13.8 Å². The molecule has 0 radical (unpaired) electrons. The molecule has 0 aliphatic rings. The zero-order valence-corrected chi connectivity index (χ0v) is 41.0. The van der Waals surface area contributed by atoms with Crippen molar-refractivity contribution in [3.05, 3.63) is 72.9 Å². The Hall–Kier alpha value is -2.06. The summed E-state index contributed by atoms with van der Waals surface area (Å²) < 4.78 is 33.6. The van der Waals surface area contributed by atoms with Gasteiger partial charge in [-0.05, 0) is 83.5 Å². The summed E-state index contributed by atoms with van der Waals surface area (Å²) in [5.41, 5.74) is 5.39. The van der Waals surface area contributed by atoms with Crippen molar-refractivity contribution in [3.63, 3.8) is 0 Å². The number of phosphoric ester groups is 1. The summed E-state index contributed by atoms with van der Waals surface area (Å²) in [6.45, 7) is 4.79. The number of carbonyl (C=O) groups is 1. The first kappa shape index (κ1) is 59.9. The second-order valence-corrected chi connectivity index (χ2v) is 18.1. The van der Waals surface area contributed by atoms with Crippen molar-refractivity contribution in [1.82, 2.24) is 0 Å². The predicted octanol–water partition coefficient (Wildman–Crippen LogP) is 15.9. The van der Waals surface area contributed by atoms with E-state index in [0.717, 1.165) is 64.2 Å². The van der Waals surface area contributed by atoms with E-state index in [9.17, 15) is 14.3 Å². The summed E-state index contributed by atoms with van der Waals surface area (Å²) in [5.74, 6) is -0.337. The lowest BCUT2D eigenvalue weighted by Crippen LogP contribution is -2.28. The zero-order valence-electron chi connectivity index (χ0n) is 40.1. The van der Waals surface area contributed by atoms with Gasteiger partial charge in [0.25, 0.3) is 0 Å². The van der Waals surface area contributed by atoms with Crippen molar-refractivity contribution >= 4 is 13.8 Å². The number of phosphoric acid groups is 1. The number of unbranched alkanes of at least 4 members (excludes halogenated alkanes) is 23. The zero-order chi connectivity index (χ0) is 45.1. The molecule has 0 aromatic carbocycles. The Labute approximate surface area is 382 Å². The van der Waals surface area contributed by atoms with Gasteiger partial charge in [0, 0.05) is 19.6 Å². The molecule has 2 atom stereocenters. The smallest absolute Gasteiger partial charge is 0.457 e. The highest BCUT2D eigenvalue weighted by atomic mass is 31.2. The van der Waals surface area contributed by atoms with Crippen LogP contribution in [-0.4, -0.2) is 49.9 Å². The third-order valence-electron chi connectivity index (χ3n) is 10.6. The predicted molar refractivity (Wildman–Crippen MR) is 265 cm³/mol. The van der Waals surface area contributed by atoms with Crippen LogP contribution in [0.1, 0.15) is 219 Å². The maximum absolute atomic E-state index is 12.7. The van der Waals surface area contributed by atoms with E-state index in [1.54, 1.807) is 0 Å². The molecule has 0 aliphatic heterocycles. The number of hydrogen-bond donors (Lipinski definition) is 2. The maximum Gasteiger partial charge on any atom is 0.472 e. The Morgan fingerprint density at radius 3 is 1.35 bits per heavy atom. The summed E-state index contributed by atoms with van der Waals surface area (Å²) in [6.07, 6.45) is 63.6. The van der Waals surface area contributed by atoms with Crippen LogP contribution in [0, 0.1) is 0 Å². The molecule has 0 saturated carbocycles. The van der Waals surface area contributed by atoms with Crippen LogP contribution in [0.5, 0.6) is 0 Å². The van der Waals surface area contributed by atoms with Crippen LogP contribution in [0.3, 0.4) is 0 Å². The third-order valence-corrected chi connectivity index (χ3v) is 11.6. The van der Waals surface area contributed by atoms with Crippen LogP contribution in [0.15, 0.2) is 72.9 Å². The largest absolute Gasteiger partial charge is 0.472 e. The molecule has 0 heterocycles. The molecule has 360 valence electrons. The van der Waals surface area contributed by atoms with E-state index < -0.39 is 13.9 Å². The summed E-state index contributed by atoms with van der Waals surface area (Å²) in [4.78, 5) is 22.6. The molecule has 0 aromatic heterocycles. The number of rotatable bonds is 48. The highest BCUT2D eigenvalue weighted by molar-refractivity contribution is 7.47. The summed E-state index contributed by atoms with van der Waals surface area (Å²) in [6, 6.07) is 0. The van der Waals surface area contributed by atoms with E-state index in [0.29, 0.717) is 13.0 Å². The highest BCUT2D eigenvalue weighted by Gasteiger charge is 2.25. The molecular weight excluding hydrogens is 794 g/mol. The first-order valence-corrected chi connectivity index (χ1v) is 26.9. The van der Waals surface area contributed by atoms with E-state index in [1.807, 2.05) is 0 Å². The number of carbonyl (C=O) groups excluding carboxylic acids is 1. The number of ether oxygens (including phenoxy) is 2. The van der Waals surface area contributed by atoms with Crippen molar-refractivity contribution in [2.24, 2.45) is 5.73 Å². The van der Waals surface area contributed by atoms with Crippen LogP contribution in [-0.2, 0) is 27.9 Å². The monoisotopic (exact) mass is 890 g/mol. The van der Waals surface area contributed by atoms with Crippen molar-refractivity contribution in [1.29, 1.82) is 0 Å². The van der Waals surface area contributed by atoms with Gasteiger partial charge < -0.3 is 20.1 Å². The fourth-order valence-corrected chi connectivity index (χ4v) is 7.67. The van der Waals surface area contributed by atoms with E-state index in [1.165, 1.54) is 135 Å². The molecule has 0 rings (SSSR count). The quantitative estimate of drug-likeness (QED) is 0.0268. The number of nitrogens with two attached hydrogens (primary N) is 1. The fourth-order valence-electron chi connectivity index (χ4n) is 6.90. The number of hydrogen-bond acceptors (Lipinski definition) is 7. The molecule has 0 fully saturated rings. The third kappa shape index (κ3) is 49.0. The highest BCUT2D eigenvalue weighted by Crippen LogP contribution is 2.43. The Bertz CT molecular complexity index is 1180. The molecule has 0 spiro atoms. The average Bonchev–Trinajstić information content (AvgIpc) is 3.26. The molecule has 0 bridgehead atoms. The maximum atomic E-state index is 12.7. The SMILES string of the molecule is CC/C=C\C/C=C\C/C=C\C/C=C\CCCCCCCCCCCCC(=O)OC(COCCCCCCCCCCCC/C=C\C/C=C\CCCCC)COP(=O)(O)OCCN. The van der Waals surface area contributed by atoms with Crippen molar-refractivity contribution < 1.29 is 32.8 Å². The van der Waals surface area contributed by atoms with Crippen molar-refractivity contribution in [2.75, 3.05) is 33.0 Å². The first-order chi connectivity index (χ1) is 30.4. The van der Waals surface area contributed by atoms with Gasteiger partial charge in [0.05, 0.1) is 19.8 Å². The van der Waals surface area contributed by atoms with Gasteiger partial charge in [0.1, 0.15) is 6.10 Å². The van der Waals surface area contributed by atoms with Crippen molar-refractivity contribution in [2.45, 2.75) is 225 Å². The Kier molecular flexibility index (Phi) is 48.3. The first-order valence-electron chi connectivity index (χ1n) is 25.4. The van der Waals surface area contributed by atoms with E-state index >= 15 is 0 Å². The molecule has 0 saturated heterocycles. The molecule has 0 aromatic rings. The summed E-state index contributed by atoms with van der Waals surface area (Å²) >= 11 is 0. The minimum atomic E-state index is -4.29. The standard InChI is InChI=1S/C53H96NO7P/c1-3-5-7-9-11-13-15-17-19-21-23-25-26-27-28-30-32-34-36-38-40-42-44-46-53(55)61-52(51-60-62(56,57)59-49-47-54)50-58-48-45-43-41-39-37-35-33-31-29-24-22-20-18-16-14-12-10-8-6-4-2/h5,7,11-14,17-20,23,25,52H,3-4,6,8-10,15-16,21-22,24,26-51,54H2,1-2H3,(H,56,57)/b7-5-,13-11-,14-12-,19-17-,20-18-,25-23-. The van der Waals surface area contributed by atoms with Crippen LogP contribution < -0.4 is 5.73 Å². The fraction of sp³-hybridized carbons (Fsp3) is 0.755. The van der Waals surface area contributed by atoms with E-state index in [4.69, 9.17) is 24.3 Å². The molecule has 2 unspecified atom stereocenters. The Morgan fingerprint density at radius 1 is 0.500 bits per heavy atom. The van der Waals surface area contributed by atoms with Gasteiger partial charge in [-0.3, -0.25) is 13.8 Å². The lowest BCUT2D eigenvalue weighted by atomic mass is 10.0. The van der Waals surface area contributed by atoms with Crippen LogP contribution in [0.25, 0.3) is 0 Å². The lowest BCUT2D eigenvalue weighted by molar-refractivity contribution is -0.154. The van der Waals surface area contributed by atoms with Gasteiger partial charge in [-0.2, -0.15) is 0 Å². The Balaban J connectivity index is 3.97. The second-order valence-electron chi connectivity index (χ2n) is 16.6. The topological polar surface area (TPSA) is 117 Å². The molecule has 3 N–H and O–H groups in total. The van der Waals surface area contributed by atoms with Gasteiger partial charge in [0.2, 0.25) is 0 Å². The lowest BCUT2D eigenvalue weighted by Gasteiger charge is -2.20.